The molecule has 1 aliphatic carbocycles. The second-order valence-electron chi connectivity index (χ2n) is 7.53. The quantitative estimate of drug-likeness (QED) is 0.886. The SMILES string of the molecule is CC1CCN(c2ncc(NC(=O)CCC3CCCCC3)cn2)CC1. The summed E-state index contributed by atoms with van der Waals surface area (Å²) in [6, 6.07) is 0. The number of rotatable bonds is 5. The Morgan fingerprint density at radius 2 is 1.79 bits per heavy atom. The molecular formula is C19H30N4O. The number of aromatic nitrogens is 2. The van der Waals surface area contributed by atoms with Crippen molar-refractivity contribution in [2.24, 2.45) is 11.8 Å². The van der Waals surface area contributed by atoms with E-state index in [9.17, 15) is 4.79 Å². The molecule has 1 amide bonds. The van der Waals surface area contributed by atoms with Gasteiger partial charge in [-0.2, -0.15) is 0 Å². The molecule has 24 heavy (non-hydrogen) atoms. The van der Waals surface area contributed by atoms with Crippen LogP contribution in [0.25, 0.3) is 0 Å². The van der Waals surface area contributed by atoms with Gasteiger partial charge in [-0.3, -0.25) is 4.79 Å². The molecular weight excluding hydrogens is 300 g/mol. The highest BCUT2D eigenvalue weighted by atomic mass is 16.1. The van der Waals surface area contributed by atoms with Gasteiger partial charge in [-0.15, -0.1) is 0 Å². The van der Waals surface area contributed by atoms with E-state index >= 15 is 0 Å². The van der Waals surface area contributed by atoms with E-state index in [1.807, 2.05) is 0 Å². The largest absolute Gasteiger partial charge is 0.341 e. The van der Waals surface area contributed by atoms with Gasteiger partial charge < -0.3 is 10.2 Å². The molecule has 0 spiro atoms. The lowest BCUT2D eigenvalue weighted by molar-refractivity contribution is -0.116. The minimum absolute atomic E-state index is 0.0868. The Morgan fingerprint density at radius 3 is 2.46 bits per heavy atom. The van der Waals surface area contributed by atoms with Crippen molar-refractivity contribution in [3.8, 4) is 0 Å². The summed E-state index contributed by atoms with van der Waals surface area (Å²) in [6.07, 6.45) is 14.1. The number of piperidine rings is 1. The summed E-state index contributed by atoms with van der Waals surface area (Å²) in [5, 5.41) is 2.94. The average Bonchev–Trinajstić information content (AvgIpc) is 2.62. The number of hydrogen-bond acceptors (Lipinski definition) is 4. The molecule has 2 aliphatic rings. The predicted molar refractivity (Wildman–Crippen MR) is 97.1 cm³/mol. The number of carbonyl (C=O) groups excluding carboxylic acids is 1. The maximum Gasteiger partial charge on any atom is 0.225 e. The van der Waals surface area contributed by atoms with Gasteiger partial charge in [0.05, 0.1) is 18.1 Å². The molecule has 3 rings (SSSR count). The Labute approximate surface area is 145 Å². The summed E-state index contributed by atoms with van der Waals surface area (Å²) in [5.74, 6) is 2.40. The van der Waals surface area contributed by atoms with Crippen molar-refractivity contribution in [2.45, 2.75) is 64.7 Å². The van der Waals surface area contributed by atoms with Crippen LogP contribution in [0.2, 0.25) is 0 Å². The molecule has 2 fully saturated rings. The lowest BCUT2D eigenvalue weighted by atomic mass is 9.86. The van der Waals surface area contributed by atoms with Crippen LogP contribution < -0.4 is 10.2 Å². The van der Waals surface area contributed by atoms with E-state index in [1.54, 1.807) is 12.4 Å². The zero-order chi connectivity index (χ0) is 16.8. The van der Waals surface area contributed by atoms with Crippen molar-refractivity contribution in [1.29, 1.82) is 0 Å². The molecule has 132 valence electrons. The molecule has 0 atom stereocenters. The Bertz CT molecular complexity index is 517. The number of carbonyl (C=O) groups is 1. The number of nitrogens with one attached hydrogen (secondary N) is 1. The standard InChI is InChI=1S/C19H30N4O/c1-15-9-11-23(12-10-15)19-20-13-17(14-21-19)22-18(24)8-7-16-5-3-2-4-6-16/h13-16H,2-12H2,1H3,(H,22,24). The molecule has 0 unspecified atom stereocenters. The van der Waals surface area contributed by atoms with E-state index < -0.39 is 0 Å². The van der Waals surface area contributed by atoms with E-state index in [-0.39, 0.29) is 5.91 Å². The van der Waals surface area contributed by atoms with E-state index in [0.717, 1.165) is 37.3 Å². The molecule has 0 aromatic carbocycles. The molecule has 1 aromatic rings. The zero-order valence-electron chi connectivity index (χ0n) is 14.8. The van der Waals surface area contributed by atoms with Crippen LogP contribution in [0.5, 0.6) is 0 Å². The molecule has 1 aromatic heterocycles. The summed E-state index contributed by atoms with van der Waals surface area (Å²) in [4.78, 5) is 23.2. The lowest BCUT2D eigenvalue weighted by Crippen LogP contribution is -2.34. The fourth-order valence-electron chi connectivity index (χ4n) is 3.79. The first-order chi connectivity index (χ1) is 11.7. The molecule has 5 heteroatoms. The van der Waals surface area contributed by atoms with Crippen LogP contribution in [-0.2, 0) is 4.79 Å². The van der Waals surface area contributed by atoms with Crippen molar-refractivity contribution in [1.82, 2.24) is 9.97 Å². The highest BCUT2D eigenvalue weighted by Crippen LogP contribution is 2.27. The minimum Gasteiger partial charge on any atom is -0.341 e. The highest BCUT2D eigenvalue weighted by molar-refractivity contribution is 5.90. The van der Waals surface area contributed by atoms with Gasteiger partial charge >= 0.3 is 0 Å². The van der Waals surface area contributed by atoms with Crippen LogP contribution in [0, 0.1) is 11.8 Å². The third-order valence-corrected chi connectivity index (χ3v) is 5.49. The summed E-state index contributed by atoms with van der Waals surface area (Å²) < 4.78 is 0. The molecule has 2 heterocycles. The highest BCUT2D eigenvalue weighted by Gasteiger charge is 2.18. The fourth-order valence-corrected chi connectivity index (χ4v) is 3.79. The van der Waals surface area contributed by atoms with Crippen molar-refractivity contribution in [3.05, 3.63) is 12.4 Å². The van der Waals surface area contributed by atoms with Gasteiger partial charge in [0.2, 0.25) is 11.9 Å². The van der Waals surface area contributed by atoms with Crippen LogP contribution in [0.3, 0.4) is 0 Å². The minimum atomic E-state index is 0.0868. The Hall–Kier alpha value is -1.65. The normalized spacial score (nSPS) is 20.1. The first-order valence-corrected chi connectivity index (χ1v) is 9.57. The van der Waals surface area contributed by atoms with Crippen molar-refractivity contribution in [2.75, 3.05) is 23.3 Å². The zero-order valence-corrected chi connectivity index (χ0v) is 14.8. The van der Waals surface area contributed by atoms with Gasteiger partial charge in [-0.25, -0.2) is 9.97 Å². The topological polar surface area (TPSA) is 58.1 Å². The van der Waals surface area contributed by atoms with Gasteiger partial charge in [0.1, 0.15) is 0 Å². The molecule has 0 radical (unpaired) electrons. The average molecular weight is 330 g/mol. The van der Waals surface area contributed by atoms with Crippen molar-refractivity contribution >= 4 is 17.5 Å². The van der Waals surface area contributed by atoms with Crippen molar-refractivity contribution in [3.63, 3.8) is 0 Å². The Balaban J connectivity index is 1.44. The monoisotopic (exact) mass is 330 g/mol. The summed E-state index contributed by atoms with van der Waals surface area (Å²) >= 11 is 0. The van der Waals surface area contributed by atoms with Gasteiger partial charge in [0.15, 0.2) is 0 Å². The van der Waals surface area contributed by atoms with Crippen LogP contribution in [0.15, 0.2) is 12.4 Å². The lowest BCUT2D eigenvalue weighted by Gasteiger charge is -2.30. The van der Waals surface area contributed by atoms with E-state index in [2.05, 4.69) is 27.1 Å². The van der Waals surface area contributed by atoms with Gasteiger partial charge in [0.25, 0.3) is 0 Å². The summed E-state index contributed by atoms with van der Waals surface area (Å²) in [7, 11) is 0. The second-order valence-corrected chi connectivity index (χ2v) is 7.53. The number of hydrogen-bond donors (Lipinski definition) is 1. The Kier molecular flexibility index (Phi) is 6.05. The fraction of sp³-hybridized carbons (Fsp3) is 0.737. The molecule has 5 nitrogen and oxygen atoms in total. The first kappa shape index (κ1) is 17.2. The van der Waals surface area contributed by atoms with Gasteiger partial charge in [-0.05, 0) is 31.1 Å². The third-order valence-electron chi connectivity index (χ3n) is 5.49. The summed E-state index contributed by atoms with van der Waals surface area (Å²) in [5.41, 5.74) is 0.706. The second kappa shape index (κ2) is 8.45. The van der Waals surface area contributed by atoms with Crippen LogP contribution in [0.4, 0.5) is 11.6 Å². The third kappa shape index (κ3) is 4.92. The maximum atomic E-state index is 12.1. The van der Waals surface area contributed by atoms with E-state index in [0.29, 0.717) is 12.1 Å². The number of amides is 1. The summed E-state index contributed by atoms with van der Waals surface area (Å²) in [6.45, 7) is 4.34. The van der Waals surface area contributed by atoms with Crippen molar-refractivity contribution < 1.29 is 4.79 Å². The van der Waals surface area contributed by atoms with Crippen LogP contribution in [0.1, 0.15) is 64.7 Å². The molecule has 1 aliphatic heterocycles. The van der Waals surface area contributed by atoms with Gasteiger partial charge in [0, 0.05) is 19.5 Å². The van der Waals surface area contributed by atoms with Crippen LogP contribution in [-0.4, -0.2) is 29.0 Å². The molecule has 1 saturated heterocycles. The van der Waals surface area contributed by atoms with Gasteiger partial charge in [-0.1, -0.05) is 39.0 Å². The smallest absolute Gasteiger partial charge is 0.225 e. The van der Waals surface area contributed by atoms with E-state index in [4.69, 9.17) is 0 Å². The first-order valence-electron chi connectivity index (χ1n) is 9.57. The molecule has 1 N–H and O–H groups in total. The maximum absolute atomic E-state index is 12.1. The molecule has 1 saturated carbocycles. The number of anilines is 2. The Morgan fingerprint density at radius 1 is 1.12 bits per heavy atom. The molecule has 0 bridgehead atoms. The predicted octanol–water partition coefficient (Wildman–Crippen LogP) is 4.01. The number of nitrogens with zero attached hydrogens (tertiary/aromatic N) is 3. The van der Waals surface area contributed by atoms with Crippen LogP contribution >= 0.6 is 0 Å². The van der Waals surface area contributed by atoms with E-state index in [1.165, 1.54) is 44.9 Å².